The number of carbonyl (C=O) groups is 1. The molecular weight excluding hydrogens is 300 g/mol. The summed E-state index contributed by atoms with van der Waals surface area (Å²) in [6, 6.07) is 14.9. The highest BCUT2D eigenvalue weighted by Crippen LogP contribution is 2.29. The third-order valence-corrected chi connectivity index (χ3v) is 3.72. The summed E-state index contributed by atoms with van der Waals surface area (Å²) in [5.41, 5.74) is 2.27. The van der Waals surface area contributed by atoms with Crippen LogP contribution in [0.4, 0.5) is 0 Å². The fourth-order valence-corrected chi connectivity index (χ4v) is 2.41. The van der Waals surface area contributed by atoms with Crippen LogP contribution >= 0.6 is 11.6 Å². The first kappa shape index (κ1) is 14.5. The number of aliphatic carboxylic acids is 1. The molecule has 1 unspecified atom stereocenters. The average Bonchev–Trinajstić information content (AvgIpc) is 2.54. The third kappa shape index (κ3) is 2.65. The molecule has 0 fully saturated rings. The summed E-state index contributed by atoms with van der Waals surface area (Å²) in [4.78, 5) is 20.1. The molecule has 0 amide bonds. The van der Waals surface area contributed by atoms with Gasteiger partial charge in [0.25, 0.3) is 0 Å². The van der Waals surface area contributed by atoms with Gasteiger partial charge in [-0.3, -0.25) is 4.79 Å². The number of halogens is 1. The minimum Gasteiger partial charge on any atom is -0.481 e. The van der Waals surface area contributed by atoms with Crippen molar-refractivity contribution in [3.05, 3.63) is 59.4 Å². The molecule has 0 radical (unpaired) electrons. The van der Waals surface area contributed by atoms with Gasteiger partial charge in [0.05, 0.1) is 11.2 Å². The molecule has 3 rings (SSSR count). The lowest BCUT2D eigenvalue weighted by atomic mass is 10.0. The molecule has 0 aliphatic rings. The summed E-state index contributed by atoms with van der Waals surface area (Å²) in [5, 5.41) is 10.6. The molecule has 2 aromatic carbocycles. The van der Waals surface area contributed by atoms with E-state index in [4.69, 9.17) is 11.6 Å². The van der Waals surface area contributed by atoms with E-state index in [1.165, 1.54) is 0 Å². The Morgan fingerprint density at radius 3 is 2.55 bits per heavy atom. The lowest BCUT2D eigenvalue weighted by Gasteiger charge is -2.11. The minimum absolute atomic E-state index is 0.293. The first-order chi connectivity index (χ1) is 10.6. The molecule has 0 saturated heterocycles. The summed E-state index contributed by atoms with van der Waals surface area (Å²) in [7, 11) is 0. The van der Waals surface area contributed by atoms with Crippen LogP contribution in [0, 0.1) is 0 Å². The summed E-state index contributed by atoms with van der Waals surface area (Å²) in [6.07, 6.45) is 0. The molecule has 0 saturated carbocycles. The molecule has 1 aromatic heterocycles. The first-order valence-corrected chi connectivity index (χ1v) is 7.19. The van der Waals surface area contributed by atoms with E-state index in [2.05, 4.69) is 9.97 Å². The highest BCUT2D eigenvalue weighted by Gasteiger charge is 2.19. The van der Waals surface area contributed by atoms with Crippen LogP contribution in [0.3, 0.4) is 0 Å². The zero-order chi connectivity index (χ0) is 15.7. The lowest BCUT2D eigenvalue weighted by molar-refractivity contribution is -0.138. The number of aromatic nitrogens is 2. The summed E-state index contributed by atoms with van der Waals surface area (Å²) in [6.45, 7) is 1.58. The summed E-state index contributed by atoms with van der Waals surface area (Å²) >= 11 is 6.08. The van der Waals surface area contributed by atoms with Gasteiger partial charge >= 0.3 is 5.97 Å². The molecule has 0 aliphatic carbocycles. The molecule has 0 spiro atoms. The van der Waals surface area contributed by atoms with Gasteiger partial charge in [-0.05, 0) is 25.1 Å². The van der Waals surface area contributed by atoms with Crippen molar-refractivity contribution >= 4 is 28.5 Å². The van der Waals surface area contributed by atoms with Gasteiger partial charge < -0.3 is 5.11 Å². The Labute approximate surface area is 132 Å². The average molecular weight is 313 g/mol. The van der Waals surface area contributed by atoms with E-state index < -0.39 is 11.9 Å². The van der Waals surface area contributed by atoms with Gasteiger partial charge in [-0.2, -0.15) is 0 Å². The largest absolute Gasteiger partial charge is 0.481 e. The Balaban J connectivity index is 2.31. The van der Waals surface area contributed by atoms with Crippen molar-refractivity contribution in [3.63, 3.8) is 0 Å². The Bertz CT molecular complexity index is 850. The molecule has 1 heterocycles. The van der Waals surface area contributed by atoms with E-state index in [0.717, 1.165) is 10.9 Å². The van der Waals surface area contributed by atoms with Crippen molar-refractivity contribution in [1.82, 2.24) is 9.97 Å². The topological polar surface area (TPSA) is 63.1 Å². The molecule has 1 atom stereocenters. The normalized spacial score (nSPS) is 12.3. The molecular formula is C17H13ClN2O2. The second-order valence-corrected chi connectivity index (χ2v) is 5.45. The fourth-order valence-electron chi connectivity index (χ4n) is 2.24. The van der Waals surface area contributed by atoms with Crippen molar-refractivity contribution in [2.45, 2.75) is 12.8 Å². The van der Waals surface area contributed by atoms with Crippen molar-refractivity contribution < 1.29 is 9.90 Å². The van der Waals surface area contributed by atoms with Crippen molar-refractivity contribution in [3.8, 4) is 11.3 Å². The predicted octanol–water partition coefficient (Wildman–Crippen LogP) is 4.14. The highest BCUT2D eigenvalue weighted by atomic mass is 35.5. The number of hydrogen-bond acceptors (Lipinski definition) is 3. The molecule has 4 nitrogen and oxygen atoms in total. The van der Waals surface area contributed by atoms with Crippen LogP contribution in [-0.2, 0) is 4.79 Å². The minimum atomic E-state index is -0.952. The second-order valence-electron chi connectivity index (χ2n) is 5.02. The molecule has 22 heavy (non-hydrogen) atoms. The van der Waals surface area contributed by atoms with Crippen LogP contribution < -0.4 is 0 Å². The summed E-state index contributed by atoms with van der Waals surface area (Å²) < 4.78 is 0. The SMILES string of the molecule is CC(C(=O)O)c1nc(-c2ccccc2)c2cc(Cl)ccc2n1. The smallest absolute Gasteiger partial charge is 0.313 e. The standard InChI is InChI=1S/C17H13ClN2O2/c1-10(17(21)22)16-19-14-8-7-12(18)9-13(14)15(20-16)11-5-3-2-4-6-11/h2-10H,1H3,(H,21,22). The van der Waals surface area contributed by atoms with Gasteiger partial charge in [-0.25, -0.2) is 9.97 Å². The van der Waals surface area contributed by atoms with Crippen LogP contribution in [-0.4, -0.2) is 21.0 Å². The monoisotopic (exact) mass is 312 g/mol. The fraction of sp³-hybridized carbons (Fsp3) is 0.118. The Morgan fingerprint density at radius 1 is 1.14 bits per heavy atom. The van der Waals surface area contributed by atoms with Gasteiger partial charge in [0.15, 0.2) is 0 Å². The first-order valence-electron chi connectivity index (χ1n) is 6.81. The number of rotatable bonds is 3. The highest BCUT2D eigenvalue weighted by molar-refractivity contribution is 6.31. The second kappa shape index (κ2) is 5.73. The van der Waals surface area contributed by atoms with Gasteiger partial charge in [0.2, 0.25) is 0 Å². The molecule has 5 heteroatoms. The Hall–Kier alpha value is -2.46. The zero-order valence-corrected chi connectivity index (χ0v) is 12.6. The zero-order valence-electron chi connectivity index (χ0n) is 11.8. The van der Waals surface area contributed by atoms with Crippen LogP contribution in [0.5, 0.6) is 0 Å². The maximum absolute atomic E-state index is 11.2. The number of hydrogen-bond donors (Lipinski definition) is 1. The molecule has 0 bridgehead atoms. The number of carboxylic acid groups (broad SMARTS) is 1. The van der Waals surface area contributed by atoms with Crippen molar-refractivity contribution in [1.29, 1.82) is 0 Å². The van der Waals surface area contributed by atoms with Crippen LogP contribution in [0.15, 0.2) is 48.5 Å². The van der Waals surface area contributed by atoms with Gasteiger partial charge in [0, 0.05) is 16.0 Å². The summed E-state index contributed by atoms with van der Waals surface area (Å²) in [5.74, 6) is -1.43. The molecule has 3 aromatic rings. The number of benzene rings is 2. The van der Waals surface area contributed by atoms with E-state index in [1.807, 2.05) is 30.3 Å². The van der Waals surface area contributed by atoms with E-state index in [1.54, 1.807) is 25.1 Å². The van der Waals surface area contributed by atoms with E-state index >= 15 is 0 Å². The molecule has 110 valence electrons. The molecule has 0 aliphatic heterocycles. The quantitative estimate of drug-likeness (QED) is 0.789. The lowest BCUT2D eigenvalue weighted by Crippen LogP contribution is -2.12. The maximum Gasteiger partial charge on any atom is 0.313 e. The van der Waals surface area contributed by atoms with Crippen LogP contribution in [0.1, 0.15) is 18.7 Å². The number of fused-ring (bicyclic) bond motifs is 1. The van der Waals surface area contributed by atoms with Crippen molar-refractivity contribution in [2.24, 2.45) is 0 Å². The predicted molar refractivity (Wildman–Crippen MR) is 86.0 cm³/mol. The van der Waals surface area contributed by atoms with E-state index in [0.29, 0.717) is 22.1 Å². The van der Waals surface area contributed by atoms with Gasteiger partial charge in [-0.1, -0.05) is 41.9 Å². The van der Waals surface area contributed by atoms with Crippen LogP contribution in [0.25, 0.3) is 22.2 Å². The number of nitrogens with zero attached hydrogens (tertiary/aromatic N) is 2. The maximum atomic E-state index is 11.2. The van der Waals surface area contributed by atoms with Crippen LogP contribution in [0.2, 0.25) is 5.02 Å². The van der Waals surface area contributed by atoms with E-state index in [-0.39, 0.29) is 0 Å². The Morgan fingerprint density at radius 2 is 1.86 bits per heavy atom. The van der Waals surface area contributed by atoms with Crippen molar-refractivity contribution in [2.75, 3.05) is 0 Å². The van der Waals surface area contributed by atoms with E-state index in [9.17, 15) is 9.90 Å². The Kier molecular flexibility index (Phi) is 3.77. The van der Waals surface area contributed by atoms with Gasteiger partial charge in [-0.15, -0.1) is 0 Å². The number of carboxylic acids is 1. The van der Waals surface area contributed by atoms with Gasteiger partial charge in [0.1, 0.15) is 11.7 Å². The molecule has 1 N–H and O–H groups in total. The third-order valence-electron chi connectivity index (χ3n) is 3.48.